The van der Waals surface area contributed by atoms with Crippen molar-refractivity contribution in [3.8, 4) is 0 Å². The van der Waals surface area contributed by atoms with E-state index in [9.17, 15) is 4.79 Å². The maximum Gasteiger partial charge on any atom is 0.198 e. The van der Waals surface area contributed by atoms with E-state index in [0.29, 0.717) is 6.42 Å². The fourth-order valence-corrected chi connectivity index (χ4v) is 2.00. The largest absolute Gasteiger partial charge is 0.291 e. The molecule has 1 nitrogen and oxygen atoms in total. The SMILES string of the molecule is CCC=CCC=CCC=CCC=CCC=CCCCCC[C]=O. The number of allylic oxidation sites excluding steroid dienone is 10. The van der Waals surface area contributed by atoms with Gasteiger partial charge in [-0.05, 0) is 51.4 Å². The maximum atomic E-state index is 10.0. The van der Waals surface area contributed by atoms with E-state index in [1.807, 2.05) is 6.29 Å². The summed E-state index contributed by atoms with van der Waals surface area (Å²) < 4.78 is 0. The lowest BCUT2D eigenvalue weighted by molar-refractivity contribution is 0.545. The van der Waals surface area contributed by atoms with Gasteiger partial charge in [0.2, 0.25) is 0 Å². The number of hydrogen-bond acceptors (Lipinski definition) is 1. The molecule has 1 heteroatoms. The minimum absolute atomic E-state index is 0.589. The molecule has 0 bridgehead atoms. The van der Waals surface area contributed by atoms with Crippen molar-refractivity contribution in [2.45, 2.75) is 71.1 Å². The smallest absolute Gasteiger partial charge is 0.198 e. The van der Waals surface area contributed by atoms with Crippen LogP contribution in [0.15, 0.2) is 60.8 Å². The molecule has 0 N–H and O–H groups in total. The van der Waals surface area contributed by atoms with E-state index < -0.39 is 0 Å². The van der Waals surface area contributed by atoms with E-state index in [-0.39, 0.29) is 0 Å². The Morgan fingerprint density at radius 2 is 1.09 bits per heavy atom. The van der Waals surface area contributed by atoms with Crippen LogP contribution >= 0.6 is 0 Å². The van der Waals surface area contributed by atoms with Crippen molar-refractivity contribution in [1.82, 2.24) is 0 Å². The first-order valence-electron chi connectivity index (χ1n) is 9.01. The van der Waals surface area contributed by atoms with Crippen LogP contribution in [-0.4, -0.2) is 6.29 Å². The van der Waals surface area contributed by atoms with Crippen molar-refractivity contribution in [3.05, 3.63) is 60.8 Å². The first kappa shape index (κ1) is 21.4. The summed E-state index contributed by atoms with van der Waals surface area (Å²) in [5.41, 5.74) is 0. The van der Waals surface area contributed by atoms with E-state index in [2.05, 4.69) is 67.7 Å². The third-order valence-electron chi connectivity index (χ3n) is 3.31. The van der Waals surface area contributed by atoms with Gasteiger partial charge in [-0.15, -0.1) is 0 Å². The van der Waals surface area contributed by atoms with Gasteiger partial charge < -0.3 is 0 Å². The van der Waals surface area contributed by atoms with E-state index in [1.165, 1.54) is 6.42 Å². The standard InChI is InChI=1S/C22H33O/c1-2-3-4-5-6-7-8-9-10-11-12-13-14-15-16-17-18-19-20-21-22-23/h3-4,6-7,9-10,12-13,15-16H,2,5,8,11,14,17-21H2,1H3. The number of unbranched alkanes of at least 4 members (excludes halogenated alkanes) is 4. The van der Waals surface area contributed by atoms with Crippen molar-refractivity contribution in [2.75, 3.05) is 0 Å². The van der Waals surface area contributed by atoms with Gasteiger partial charge in [0.1, 0.15) is 0 Å². The number of rotatable bonds is 15. The minimum Gasteiger partial charge on any atom is -0.291 e. The highest BCUT2D eigenvalue weighted by Crippen LogP contribution is 2.03. The molecule has 0 spiro atoms. The Morgan fingerprint density at radius 1 is 0.609 bits per heavy atom. The van der Waals surface area contributed by atoms with Gasteiger partial charge in [0.15, 0.2) is 6.29 Å². The van der Waals surface area contributed by atoms with E-state index in [0.717, 1.165) is 51.4 Å². The van der Waals surface area contributed by atoms with Crippen molar-refractivity contribution in [3.63, 3.8) is 0 Å². The molecule has 0 atom stereocenters. The first-order valence-corrected chi connectivity index (χ1v) is 9.01. The predicted octanol–water partition coefficient (Wildman–Crippen LogP) is 6.80. The van der Waals surface area contributed by atoms with Crippen LogP contribution in [0.5, 0.6) is 0 Å². The van der Waals surface area contributed by atoms with Crippen molar-refractivity contribution >= 4 is 6.29 Å². The third kappa shape index (κ3) is 20.4. The van der Waals surface area contributed by atoms with Crippen LogP contribution in [0.3, 0.4) is 0 Å². The number of carbonyl (C=O) groups excluding carboxylic acids is 1. The molecule has 0 saturated carbocycles. The first-order chi connectivity index (χ1) is 11.4. The fraction of sp³-hybridized carbons (Fsp3) is 0.500. The molecule has 0 rings (SSSR count). The molecule has 127 valence electrons. The zero-order valence-electron chi connectivity index (χ0n) is 14.8. The van der Waals surface area contributed by atoms with Crippen molar-refractivity contribution in [1.29, 1.82) is 0 Å². The van der Waals surface area contributed by atoms with Crippen LogP contribution in [0, 0.1) is 0 Å². The molecule has 0 aromatic rings. The zero-order chi connectivity index (χ0) is 16.8. The predicted molar refractivity (Wildman–Crippen MR) is 103 cm³/mol. The molecule has 0 unspecified atom stereocenters. The molecule has 0 heterocycles. The van der Waals surface area contributed by atoms with Gasteiger partial charge in [0, 0.05) is 6.42 Å². The highest BCUT2D eigenvalue weighted by molar-refractivity contribution is 5.50. The van der Waals surface area contributed by atoms with Gasteiger partial charge >= 0.3 is 0 Å². The highest BCUT2D eigenvalue weighted by atomic mass is 16.1. The minimum atomic E-state index is 0.589. The quantitative estimate of drug-likeness (QED) is 0.240. The molecular weight excluding hydrogens is 280 g/mol. The molecule has 0 fully saturated rings. The Bertz CT molecular complexity index is 383. The van der Waals surface area contributed by atoms with Crippen LogP contribution in [0.4, 0.5) is 0 Å². The Labute approximate surface area is 143 Å². The summed E-state index contributed by atoms with van der Waals surface area (Å²) in [5, 5.41) is 0. The van der Waals surface area contributed by atoms with Crippen molar-refractivity contribution < 1.29 is 4.79 Å². The summed E-state index contributed by atoms with van der Waals surface area (Å²) in [5.74, 6) is 0. The molecule has 0 aliphatic carbocycles. The van der Waals surface area contributed by atoms with Gasteiger partial charge in [0.05, 0.1) is 0 Å². The Hall–Kier alpha value is -1.63. The second-order valence-corrected chi connectivity index (χ2v) is 5.45. The molecule has 1 radical (unpaired) electrons. The molecule has 0 aromatic carbocycles. The topological polar surface area (TPSA) is 17.1 Å². The van der Waals surface area contributed by atoms with Crippen LogP contribution < -0.4 is 0 Å². The molecule has 23 heavy (non-hydrogen) atoms. The fourth-order valence-electron chi connectivity index (χ4n) is 2.00. The summed E-state index contributed by atoms with van der Waals surface area (Å²) in [6.45, 7) is 2.16. The Kier molecular flexibility index (Phi) is 18.9. The highest BCUT2D eigenvalue weighted by Gasteiger charge is 1.86. The van der Waals surface area contributed by atoms with Crippen LogP contribution in [0.2, 0.25) is 0 Å². The van der Waals surface area contributed by atoms with Gasteiger partial charge in [-0.25, -0.2) is 0 Å². The molecule has 0 saturated heterocycles. The third-order valence-corrected chi connectivity index (χ3v) is 3.31. The molecule has 0 aliphatic rings. The van der Waals surface area contributed by atoms with Gasteiger partial charge in [-0.3, -0.25) is 4.79 Å². The van der Waals surface area contributed by atoms with E-state index in [4.69, 9.17) is 0 Å². The normalized spacial score (nSPS) is 12.7. The van der Waals surface area contributed by atoms with Gasteiger partial charge in [-0.2, -0.15) is 0 Å². The lowest BCUT2D eigenvalue weighted by Crippen LogP contribution is -1.77. The molecule has 0 aromatic heterocycles. The average molecular weight is 314 g/mol. The Balaban J connectivity index is 3.40. The lowest BCUT2D eigenvalue weighted by Gasteiger charge is -1.92. The van der Waals surface area contributed by atoms with E-state index in [1.54, 1.807) is 0 Å². The average Bonchev–Trinajstić information content (AvgIpc) is 2.57. The summed E-state index contributed by atoms with van der Waals surface area (Å²) in [6.07, 6.45) is 34.3. The lowest BCUT2D eigenvalue weighted by atomic mass is 10.1. The molecule has 0 amide bonds. The van der Waals surface area contributed by atoms with Gasteiger partial charge in [0.25, 0.3) is 0 Å². The number of hydrogen-bond donors (Lipinski definition) is 0. The van der Waals surface area contributed by atoms with Crippen LogP contribution in [-0.2, 0) is 4.79 Å². The second kappa shape index (κ2) is 20.4. The summed E-state index contributed by atoms with van der Waals surface area (Å²) in [4.78, 5) is 10.0. The monoisotopic (exact) mass is 313 g/mol. The van der Waals surface area contributed by atoms with Crippen LogP contribution in [0.1, 0.15) is 71.1 Å². The Morgan fingerprint density at radius 3 is 1.57 bits per heavy atom. The summed E-state index contributed by atoms with van der Waals surface area (Å²) >= 11 is 0. The van der Waals surface area contributed by atoms with Crippen molar-refractivity contribution in [2.24, 2.45) is 0 Å². The van der Waals surface area contributed by atoms with Gasteiger partial charge in [-0.1, -0.05) is 74.1 Å². The maximum absolute atomic E-state index is 10.0. The molecular formula is C22H33O. The summed E-state index contributed by atoms with van der Waals surface area (Å²) in [7, 11) is 0. The van der Waals surface area contributed by atoms with Crippen LogP contribution in [0.25, 0.3) is 0 Å². The zero-order valence-corrected chi connectivity index (χ0v) is 14.8. The second-order valence-electron chi connectivity index (χ2n) is 5.45. The van der Waals surface area contributed by atoms with E-state index >= 15 is 0 Å². The summed E-state index contributed by atoms with van der Waals surface area (Å²) in [6, 6.07) is 0. The molecule has 0 aliphatic heterocycles.